The van der Waals surface area contributed by atoms with Gasteiger partial charge in [-0.3, -0.25) is 4.79 Å². The third-order valence-electron chi connectivity index (χ3n) is 2.03. The van der Waals surface area contributed by atoms with Crippen molar-refractivity contribution in [3.63, 3.8) is 0 Å². The molecule has 1 aromatic carbocycles. The zero-order chi connectivity index (χ0) is 12.1. The Morgan fingerprint density at radius 3 is 2.59 bits per heavy atom. The van der Waals surface area contributed by atoms with Gasteiger partial charge in [-0.1, -0.05) is 0 Å². The Balaban J connectivity index is 0.00000256. The van der Waals surface area contributed by atoms with Crippen molar-refractivity contribution in [2.45, 2.75) is 25.8 Å². The molecule has 3 nitrogen and oxygen atoms in total. The van der Waals surface area contributed by atoms with Gasteiger partial charge in [-0.25, -0.2) is 8.78 Å². The first kappa shape index (κ1) is 15.8. The predicted octanol–water partition coefficient (Wildman–Crippen LogP) is 2.45. The predicted molar refractivity (Wildman–Crippen MR) is 65.1 cm³/mol. The Bertz CT molecular complexity index is 386. The van der Waals surface area contributed by atoms with Crippen LogP contribution in [0, 0.1) is 11.6 Å². The molecule has 0 aliphatic heterocycles. The summed E-state index contributed by atoms with van der Waals surface area (Å²) in [6, 6.07) is 3.16. The number of rotatable bonds is 4. The van der Waals surface area contributed by atoms with Gasteiger partial charge in [0.1, 0.15) is 0 Å². The van der Waals surface area contributed by atoms with Crippen molar-refractivity contribution in [1.29, 1.82) is 0 Å². The van der Waals surface area contributed by atoms with Crippen molar-refractivity contribution in [3.8, 4) is 0 Å². The van der Waals surface area contributed by atoms with E-state index >= 15 is 0 Å². The van der Waals surface area contributed by atoms with Gasteiger partial charge in [-0.15, -0.1) is 12.4 Å². The minimum atomic E-state index is -0.981. The summed E-state index contributed by atoms with van der Waals surface area (Å²) in [5.41, 5.74) is 5.73. The van der Waals surface area contributed by atoms with E-state index in [1.165, 1.54) is 6.07 Å². The maximum Gasteiger partial charge on any atom is 0.224 e. The van der Waals surface area contributed by atoms with Gasteiger partial charge in [0.2, 0.25) is 5.91 Å². The molecule has 0 fully saturated rings. The maximum absolute atomic E-state index is 12.8. The molecule has 3 N–H and O–H groups in total. The SMILES string of the molecule is CC(N)CCC(=O)Nc1ccc(F)c(F)c1.Cl. The Kier molecular flexibility index (Phi) is 6.68. The van der Waals surface area contributed by atoms with E-state index in [-0.39, 0.29) is 36.5 Å². The molecule has 0 saturated heterocycles. The summed E-state index contributed by atoms with van der Waals surface area (Å²) in [7, 11) is 0. The molecular formula is C11H15ClF2N2O. The van der Waals surface area contributed by atoms with Crippen LogP contribution < -0.4 is 11.1 Å². The third-order valence-corrected chi connectivity index (χ3v) is 2.03. The first-order valence-corrected chi connectivity index (χ1v) is 4.99. The third kappa shape index (κ3) is 5.60. The van der Waals surface area contributed by atoms with Crippen molar-refractivity contribution in [2.24, 2.45) is 5.73 Å². The van der Waals surface area contributed by atoms with Crippen LogP contribution in [0.3, 0.4) is 0 Å². The van der Waals surface area contributed by atoms with Crippen LogP contribution in [0.2, 0.25) is 0 Å². The molecule has 1 aromatic rings. The minimum Gasteiger partial charge on any atom is -0.328 e. The zero-order valence-corrected chi connectivity index (χ0v) is 10.2. The number of hydrogen-bond acceptors (Lipinski definition) is 2. The lowest BCUT2D eigenvalue weighted by molar-refractivity contribution is -0.116. The highest BCUT2D eigenvalue weighted by Crippen LogP contribution is 2.13. The van der Waals surface area contributed by atoms with E-state index in [9.17, 15) is 13.6 Å². The van der Waals surface area contributed by atoms with Crippen LogP contribution >= 0.6 is 12.4 Å². The number of hydrogen-bond donors (Lipinski definition) is 2. The van der Waals surface area contributed by atoms with E-state index in [0.29, 0.717) is 6.42 Å². The van der Waals surface area contributed by atoms with Gasteiger partial charge in [0.15, 0.2) is 11.6 Å². The van der Waals surface area contributed by atoms with Crippen molar-refractivity contribution < 1.29 is 13.6 Å². The second-order valence-electron chi connectivity index (χ2n) is 3.69. The van der Waals surface area contributed by atoms with E-state index in [2.05, 4.69) is 5.32 Å². The van der Waals surface area contributed by atoms with Crippen LogP contribution in [0.1, 0.15) is 19.8 Å². The Hall–Kier alpha value is -1.20. The fraction of sp³-hybridized carbons (Fsp3) is 0.364. The molecular weight excluding hydrogens is 250 g/mol. The number of halogens is 3. The van der Waals surface area contributed by atoms with Gasteiger partial charge in [-0.2, -0.15) is 0 Å². The number of nitrogens with two attached hydrogens (primary N) is 1. The summed E-state index contributed by atoms with van der Waals surface area (Å²) in [5, 5.41) is 2.46. The Morgan fingerprint density at radius 2 is 2.06 bits per heavy atom. The van der Waals surface area contributed by atoms with Crippen LogP contribution in [-0.4, -0.2) is 11.9 Å². The van der Waals surface area contributed by atoms with E-state index < -0.39 is 11.6 Å². The topological polar surface area (TPSA) is 55.1 Å². The monoisotopic (exact) mass is 264 g/mol. The summed E-state index contributed by atoms with van der Waals surface area (Å²) in [6.07, 6.45) is 0.812. The molecule has 0 aliphatic carbocycles. The maximum atomic E-state index is 12.8. The second-order valence-corrected chi connectivity index (χ2v) is 3.69. The van der Waals surface area contributed by atoms with Crippen molar-refractivity contribution in [1.82, 2.24) is 0 Å². The lowest BCUT2D eigenvalue weighted by Gasteiger charge is -2.07. The molecule has 0 aromatic heterocycles. The number of benzene rings is 1. The van der Waals surface area contributed by atoms with Crippen molar-refractivity contribution in [3.05, 3.63) is 29.8 Å². The molecule has 0 saturated carbocycles. The van der Waals surface area contributed by atoms with Crippen molar-refractivity contribution in [2.75, 3.05) is 5.32 Å². The first-order chi connectivity index (χ1) is 7.49. The highest BCUT2D eigenvalue weighted by Gasteiger charge is 2.06. The average Bonchev–Trinajstić information content (AvgIpc) is 2.21. The van der Waals surface area contributed by atoms with E-state index in [1.54, 1.807) is 6.92 Å². The smallest absolute Gasteiger partial charge is 0.224 e. The van der Waals surface area contributed by atoms with Gasteiger partial charge in [0.25, 0.3) is 0 Å². The molecule has 0 radical (unpaired) electrons. The summed E-state index contributed by atoms with van der Waals surface area (Å²) >= 11 is 0. The minimum absolute atomic E-state index is 0. The van der Waals surface area contributed by atoms with E-state index in [1.807, 2.05) is 0 Å². The highest BCUT2D eigenvalue weighted by molar-refractivity contribution is 5.90. The molecule has 1 rings (SSSR count). The molecule has 0 aliphatic rings. The standard InChI is InChI=1S/C11H14F2N2O.ClH/c1-7(14)2-5-11(16)15-8-3-4-9(12)10(13)6-8;/h3-4,6-7H,2,5,14H2,1H3,(H,15,16);1H. The van der Waals surface area contributed by atoms with Gasteiger partial charge < -0.3 is 11.1 Å². The number of carbonyl (C=O) groups excluding carboxylic acids is 1. The Morgan fingerprint density at radius 1 is 1.41 bits per heavy atom. The summed E-state index contributed by atoms with van der Waals surface area (Å²) in [5.74, 6) is -2.18. The molecule has 1 amide bonds. The van der Waals surface area contributed by atoms with Gasteiger partial charge >= 0.3 is 0 Å². The van der Waals surface area contributed by atoms with Crippen molar-refractivity contribution >= 4 is 24.0 Å². The van der Waals surface area contributed by atoms with Gasteiger partial charge in [0.05, 0.1) is 0 Å². The molecule has 17 heavy (non-hydrogen) atoms. The summed E-state index contributed by atoms with van der Waals surface area (Å²) in [4.78, 5) is 11.3. The number of carbonyl (C=O) groups is 1. The molecule has 6 heteroatoms. The molecule has 0 bridgehead atoms. The molecule has 1 unspecified atom stereocenters. The highest BCUT2D eigenvalue weighted by atomic mass is 35.5. The van der Waals surface area contributed by atoms with Crippen LogP contribution in [-0.2, 0) is 4.79 Å². The van der Waals surface area contributed by atoms with E-state index in [0.717, 1.165) is 12.1 Å². The van der Waals surface area contributed by atoms with Gasteiger partial charge in [0, 0.05) is 24.2 Å². The zero-order valence-electron chi connectivity index (χ0n) is 9.37. The summed E-state index contributed by atoms with van der Waals surface area (Å²) < 4.78 is 25.4. The van der Waals surface area contributed by atoms with Crippen LogP contribution in [0.4, 0.5) is 14.5 Å². The lowest BCUT2D eigenvalue weighted by Crippen LogP contribution is -2.19. The van der Waals surface area contributed by atoms with E-state index in [4.69, 9.17) is 5.73 Å². The normalized spacial score (nSPS) is 11.5. The van der Waals surface area contributed by atoms with Gasteiger partial charge in [-0.05, 0) is 25.5 Å². The number of nitrogens with one attached hydrogen (secondary N) is 1. The number of anilines is 1. The lowest BCUT2D eigenvalue weighted by atomic mass is 10.2. The second kappa shape index (κ2) is 7.19. The van der Waals surface area contributed by atoms with Crippen LogP contribution in [0.5, 0.6) is 0 Å². The van der Waals surface area contributed by atoms with Crippen LogP contribution in [0.15, 0.2) is 18.2 Å². The van der Waals surface area contributed by atoms with Crippen LogP contribution in [0.25, 0.3) is 0 Å². The summed E-state index contributed by atoms with van der Waals surface area (Å²) in [6.45, 7) is 1.80. The molecule has 0 heterocycles. The number of amides is 1. The Labute approximate surface area is 105 Å². The molecule has 0 spiro atoms. The fourth-order valence-electron chi connectivity index (χ4n) is 1.16. The molecule has 96 valence electrons. The largest absolute Gasteiger partial charge is 0.328 e. The fourth-order valence-corrected chi connectivity index (χ4v) is 1.16. The first-order valence-electron chi connectivity index (χ1n) is 4.99. The molecule has 1 atom stereocenters. The average molecular weight is 265 g/mol. The quantitative estimate of drug-likeness (QED) is 0.878.